The second-order valence-corrected chi connectivity index (χ2v) is 10.1. The lowest BCUT2D eigenvalue weighted by atomic mass is 9.98. The number of halogens is 3. The quantitative estimate of drug-likeness (QED) is 0.370. The normalized spacial score (nSPS) is 23.1. The van der Waals surface area contributed by atoms with Crippen molar-refractivity contribution in [2.24, 2.45) is 0 Å². The van der Waals surface area contributed by atoms with E-state index in [1.54, 1.807) is 12.3 Å². The van der Waals surface area contributed by atoms with Crippen LogP contribution in [0.4, 0.5) is 19.0 Å². The topological polar surface area (TPSA) is 90.6 Å². The molecule has 38 heavy (non-hydrogen) atoms. The van der Waals surface area contributed by atoms with Gasteiger partial charge in [-0.25, -0.2) is 14.8 Å². The molecule has 2 saturated heterocycles. The Kier molecular flexibility index (Phi) is 6.33. The van der Waals surface area contributed by atoms with Crippen molar-refractivity contribution in [3.05, 3.63) is 59.2 Å². The largest absolute Gasteiger partial charge is 0.464 e. The summed E-state index contributed by atoms with van der Waals surface area (Å²) in [7, 11) is 1.30. The summed E-state index contributed by atoms with van der Waals surface area (Å²) in [5.41, 5.74) is 0.259. The maximum Gasteiger partial charge on any atom is 0.417 e. The zero-order valence-corrected chi connectivity index (χ0v) is 20.8. The predicted molar refractivity (Wildman–Crippen MR) is 129 cm³/mol. The van der Waals surface area contributed by atoms with E-state index in [0.29, 0.717) is 17.1 Å². The molecule has 0 spiro atoms. The van der Waals surface area contributed by atoms with Gasteiger partial charge < -0.3 is 18.9 Å². The molecule has 2 aromatic heterocycles. The molecule has 3 aliphatic rings. The Labute approximate surface area is 217 Å². The summed E-state index contributed by atoms with van der Waals surface area (Å²) in [5, 5.41) is 4.09. The molecule has 1 aromatic carbocycles. The SMILES string of the molecule is COC(=O)c1cnc(N2C3CC[C@H]2CC(OCc2c(-c4ccccc4C(F)(F)F)noc2C2CC2)C3)cn1. The molecule has 1 saturated carbocycles. The first-order valence-electron chi connectivity index (χ1n) is 12.8. The molecule has 0 N–H and O–H groups in total. The van der Waals surface area contributed by atoms with Gasteiger partial charge >= 0.3 is 12.1 Å². The molecule has 2 unspecified atom stereocenters. The monoisotopic (exact) mass is 528 g/mol. The number of nitrogens with zero attached hydrogens (tertiary/aromatic N) is 4. The van der Waals surface area contributed by atoms with E-state index in [0.717, 1.165) is 44.6 Å². The van der Waals surface area contributed by atoms with E-state index in [9.17, 15) is 18.0 Å². The molecule has 0 radical (unpaired) electrons. The van der Waals surface area contributed by atoms with Crippen LogP contribution in [0.5, 0.6) is 0 Å². The highest BCUT2D eigenvalue weighted by Gasteiger charge is 2.43. The molecule has 200 valence electrons. The molecule has 0 amide bonds. The highest BCUT2D eigenvalue weighted by atomic mass is 19.4. The maximum atomic E-state index is 13.7. The van der Waals surface area contributed by atoms with Gasteiger partial charge in [-0.2, -0.15) is 13.2 Å². The molecule has 3 fully saturated rings. The third-order valence-electron chi connectivity index (χ3n) is 7.70. The Morgan fingerprint density at radius 2 is 1.82 bits per heavy atom. The van der Waals surface area contributed by atoms with Crippen LogP contribution in [0.1, 0.15) is 71.8 Å². The van der Waals surface area contributed by atoms with Gasteiger partial charge in [-0.1, -0.05) is 23.4 Å². The number of esters is 1. The van der Waals surface area contributed by atoms with Gasteiger partial charge in [0.05, 0.1) is 37.8 Å². The molecule has 3 aromatic rings. The zero-order chi connectivity index (χ0) is 26.4. The number of methoxy groups -OCH3 is 1. The van der Waals surface area contributed by atoms with Crippen molar-refractivity contribution in [2.75, 3.05) is 12.0 Å². The number of piperidine rings is 1. The molecule has 4 heterocycles. The van der Waals surface area contributed by atoms with Gasteiger partial charge in [0.15, 0.2) is 5.69 Å². The number of carbonyl (C=O) groups is 1. The summed E-state index contributed by atoms with van der Waals surface area (Å²) in [6, 6.07) is 5.86. The van der Waals surface area contributed by atoms with Crippen LogP contribution in [0.15, 0.2) is 41.2 Å². The fourth-order valence-corrected chi connectivity index (χ4v) is 5.78. The lowest BCUT2D eigenvalue weighted by Crippen LogP contribution is -2.46. The van der Waals surface area contributed by atoms with Crippen molar-refractivity contribution < 1.29 is 32.0 Å². The van der Waals surface area contributed by atoms with Crippen molar-refractivity contribution in [3.8, 4) is 11.3 Å². The van der Waals surface area contributed by atoms with Crippen LogP contribution >= 0.6 is 0 Å². The third-order valence-corrected chi connectivity index (χ3v) is 7.70. The number of aromatic nitrogens is 3. The van der Waals surface area contributed by atoms with E-state index in [1.807, 2.05) is 0 Å². The van der Waals surface area contributed by atoms with Gasteiger partial charge in [-0.3, -0.25) is 0 Å². The van der Waals surface area contributed by atoms with Crippen LogP contribution in [0.25, 0.3) is 11.3 Å². The van der Waals surface area contributed by atoms with Crippen LogP contribution in [0.2, 0.25) is 0 Å². The second-order valence-electron chi connectivity index (χ2n) is 10.1. The zero-order valence-electron chi connectivity index (χ0n) is 20.8. The van der Waals surface area contributed by atoms with Gasteiger partial charge in [-0.15, -0.1) is 0 Å². The first-order chi connectivity index (χ1) is 18.3. The summed E-state index contributed by atoms with van der Waals surface area (Å²) in [6.45, 7) is 0.147. The number of ether oxygens (including phenoxy) is 2. The summed E-state index contributed by atoms with van der Waals surface area (Å²) in [6.07, 6.45) is 3.81. The van der Waals surface area contributed by atoms with Crippen LogP contribution in [-0.4, -0.2) is 46.4 Å². The highest BCUT2D eigenvalue weighted by Crippen LogP contribution is 2.46. The number of alkyl halides is 3. The predicted octanol–water partition coefficient (Wildman–Crippen LogP) is 5.53. The maximum absolute atomic E-state index is 13.7. The van der Waals surface area contributed by atoms with Crippen LogP contribution in [-0.2, 0) is 22.3 Å². The van der Waals surface area contributed by atoms with Gasteiger partial charge in [0.1, 0.15) is 17.3 Å². The Morgan fingerprint density at radius 1 is 1.08 bits per heavy atom. The Morgan fingerprint density at radius 3 is 2.45 bits per heavy atom. The molecule has 11 heteroatoms. The summed E-state index contributed by atoms with van der Waals surface area (Å²) in [4.78, 5) is 22.6. The third kappa shape index (κ3) is 4.63. The Hall–Kier alpha value is -3.47. The molecular formula is C27H27F3N4O4. The fourth-order valence-electron chi connectivity index (χ4n) is 5.78. The number of benzene rings is 1. The molecule has 3 atom stereocenters. The first kappa shape index (κ1) is 24.8. The average molecular weight is 529 g/mol. The number of carbonyl (C=O) groups excluding carboxylic acids is 1. The molecule has 8 nitrogen and oxygen atoms in total. The molecule has 6 rings (SSSR count). The number of fused-ring (bicyclic) bond motifs is 2. The minimum Gasteiger partial charge on any atom is -0.464 e. The lowest BCUT2D eigenvalue weighted by molar-refractivity contribution is -0.137. The second kappa shape index (κ2) is 9.68. The van der Waals surface area contributed by atoms with Crippen molar-refractivity contribution in [1.82, 2.24) is 15.1 Å². The van der Waals surface area contributed by atoms with E-state index < -0.39 is 17.7 Å². The van der Waals surface area contributed by atoms with E-state index in [1.165, 1.54) is 25.4 Å². The standard InChI is InChI=1S/C27H27F3N4O4/c1-36-26(35)22-12-32-23(13-31-22)34-16-8-9-17(34)11-18(10-16)37-14-20-24(33-38-25(20)15-6-7-15)19-4-2-3-5-21(19)27(28,29)30/h2-5,12-13,15-18H,6-11,14H2,1H3/t16-,17?,18?/m0/s1. The van der Waals surface area contributed by atoms with Gasteiger partial charge in [-0.05, 0) is 44.6 Å². The number of hydrogen-bond acceptors (Lipinski definition) is 8. The summed E-state index contributed by atoms with van der Waals surface area (Å²) in [5.74, 6) is 0.996. The van der Waals surface area contributed by atoms with Gasteiger partial charge in [0.2, 0.25) is 0 Å². The molecular weight excluding hydrogens is 501 g/mol. The number of hydrogen-bond donors (Lipinski definition) is 0. The van der Waals surface area contributed by atoms with E-state index in [4.69, 9.17) is 14.0 Å². The van der Waals surface area contributed by atoms with E-state index in [-0.39, 0.29) is 47.7 Å². The first-order valence-corrected chi connectivity index (χ1v) is 12.8. The Bertz CT molecular complexity index is 1310. The van der Waals surface area contributed by atoms with Crippen LogP contribution in [0.3, 0.4) is 0 Å². The summed E-state index contributed by atoms with van der Waals surface area (Å²) < 4.78 is 57.9. The van der Waals surface area contributed by atoms with Crippen molar-refractivity contribution in [2.45, 2.75) is 75.4 Å². The van der Waals surface area contributed by atoms with E-state index >= 15 is 0 Å². The number of anilines is 1. The van der Waals surface area contributed by atoms with Gasteiger partial charge in [0, 0.05) is 29.1 Å². The van der Waals surface area contributed by atoms with Crippen molar-refractivity contribution >= 4 is 11.8 Å². The smallest absolute Gasteiger partial charge is 0.417 e. The number of rotatable bonds is 7. The Balaban J connectivity index is 1.19. The van der Waals surface area contributed by atoms with Crippen molar-refractivity contribution in [3.63, 3.8) is 0 Å². The highest BCUT2D eigenvalue weighted by molar-refractivity contribution is 5.86. The van der Waals surface area contributed by atoms with E-state index in [2.05, 4.69) is 20.0 Å². The molecule has 2 bridgehead atoms. The van der Waals surface area contributed by atoms with Gasteiger partial charge in [0.25, 0.3) is 0 Å². The van der Waals surface area contributed by atoms with Crippen LogP contribution < -0.4 is 4.90 Å². The van der Waals surface area contributed by atoms with Crippen molar-refractivity contribution in [1.29, 1.82) is 0 Å². The molecule has 2 aliphatic heterocycles. The summed E-state index contributed by atoms with van der Waals surface area (Å²) >= 11 is 0. The average Bonchev–Trinajstić information content (AvgIpc) is 3.62. The fraction of sp³-hybridized carbons (Fsp3) is 0.481. The minimum absolute atomic E-state index is 0.0121. The molecule has 1 aliphatic carbocycles. The van der Waals surface area contributed by atoms with Crippen LogP contribution in [0, 0.1) is 0 Å². The minimum atomic E-state index is -4.50. The lowest BCUT2D eigenvalue weighted by Gasteiger charge is -2.39.